The molecule has 6 N–H and O–H groups in total. The van der Waals surface area contributed by atoms with Gasteiger partial charge in [0.05, 0.1) is 0 Å². The highest BCUT2D eigenvalue weighted by molar-refractivity contribution is 5.94. The predicted molar refractivity (Wildman–Crippen MR) is 158 cm³/mol. The molecule has 0 unspecified atom stereocenters. The van der Waals surface area contributed by atoms with Gasteiger partial charge in [-0.25, -0.2) is 14.4 Å². The van der Waals surface area contributed by atoms with Crippen molar-refractivity contribution in [1.29, 1.82) is 0 Å². The summed E-state index contributed by atoms with van der Waals surface area (Å²) in [4.78, 5) is 38.7. The number of phenolic OH excluding ortho intramolecular Hbond substituents is 6. The number of aromatic hydroxyl groups is 6. The Balaban J connectivity index is 1.50. The Morgan fingerprint density at radius 3 is 0.933 bits per heavy atom. The topological polar surface area (TPSA) is 200 Å². The number of hydrogen-bond acceptors (Lipinski definition) is 12. The summed E-state index contributed by atoms with van der Waals surface area (Å²) in [5.74, 6) is -5.67. The number of ether oxygens (including phenoxy) is 3. The molecule has 12 heteroatoms. The Morgan fingerprint density at radius 2 is 0.689 bits per heavy atom. The minimum Gasteiger partial charge on any atom is -0.504 e. The monoisotopic (exact) mass is 624 g/mol. The highest BCUT2D eigenvalue weighted by Crippen LogP contribution is 2.33. The van der Waals surface area contributed by atoms with Crippen molar-refractivity contribution in [2.75, 3.05) is 0 Å². The van der Waals surface area contributed by atoms with Gasteiger partial charge in [-0.3, -0.25) is 0 Å². The van der Waals surface area contributed by atoms with E-state index in [1.807, 2.05) is 0 Å². The van der Waals surface area contributed by atoms with Gasteiger partial charge in [-0.15, -0.1) is 0 Å². The Kier molecular flexibility index (Phi) is 11.0. The fraction of sp³-hybridized carbons (Fsp3) is 0.364. The first-order valence-electron chi connectivity index (χ1n) is 14.7. The van der Waals surface area contributed by atoms with Gasteiger partial charge in [-0.05, 0) is 94.2 Å². The molecule has 240 valence electrons. The lowest BCUT2D eigenvalue weighted by atomic mass is 9.96. The standard InChI is InChI=1S/C33H36O12/c34-25-16-4-13-22(28(25)37)31(40)43-19-7-1-8-20(44-32(41)23-14-5-17-26(35)29(23)38)10-3-12-21(11-2-9-19)45-33(42)24-15-6-18-27(36)30(24)39/h4-6,13-21,34-39H,1-3,7-12H2. The summed E-state index contributed by atoms with van der Waals surface area (Å²) >= 11 is 0. The molecule has 0 radical (unpaired) electrons. The van der Waals surface area contributed by atoms with Crippen LogP contribution in [0.2, 0.25) is 0 Å². The second-order valence-corrected chi connectivity index (χ2v) is 10.9. The molecule has 3 aromatic carbocycles. The maximum atomic E-state index is 12.9. The van der Waals surface area contributed by atoms with Gasteiger partial charge in [0.1, 0.15) is 35.0 Å². The van der Waals surface area contributed by atoms with Crippen LogP contribution in [0.4, 0.5) is 0 Å². The Hall–Kier alpha value is -5.13. The minimum absolute atomic E-state index is 0.198. The number of carbonyl (C=O) groups excluding carboxylic acids is 3. The van der Waals surface area contributed by atoms with E-state index >= 15 is 0 Å². The molecule has 0 saturated heterocycles. The number of hydrogen-bond donors (Lipinski definition) is 6. The van der Waals surface area contributed by atoms with E-state index < -0.39 is 70.7 Å². The molecule has 0 aliphatic heterocycles. The van der Waals surface area contributed by atoms with Gasteiger partial charge in [0.15, 0.2) is 34.5 Å². The second-order valence-electron chi connectivity index (χ2n) is 10.9. The number of carbonyl (C=O) groups is 3. The van der Waals surface area contributed by atoms with Gasteiger partial charge in [0, 0.05) is 0 Å². The zero-order chi connectivity index (χ0) is 32.5. The lowest BCUT2D eigenvalue weighted by Gasteiger charge is -2.25. The van der Waals surface area contributed by atoms with Crippen LogP contribution in [0.5, 0.6) is 34.5 Å². The first-order chi connectivity index (χ1) is 21.5. The van der Waals surface area contributed by atoms with Gasteiger partial charge in [-0.1, -0.05) is 18.2 Å². The van der Waals surface area contributed by atoms with Crippen LogP contribution < -0.4 is 0 Å². The van der Waals surface area contributed by atoms with E-state index in [4.69, 9.17) is 14.2 Å². The number of phenols is 6. The van der Waals surface area contributed by atoms with Gasteiger partial charge in [-0.2, -0.15) is 0 Å². The van der Waals surface area contributed by atoms with E-state index in [1.165, 1.54) is 54.6 Å². The van der Waals surface area contributed by atoms with E-state index in [-0.39, 0.29) is 16.7 Å². The predicted octanol–water partition coefficient (Wildman–Crippen LogP) is 5.42. The van der Waals surface area contributed by atoms with Crippen molar-refractivity contribution in [3.63, 3.8) is 0 Å². The van der Waals surface area contributed by atoms with Crippen LogP contribution in [-0.4, -0.2) is 66.9 Å². The van der Waals surface area contributed by atoms with Crippen LogP contribution >= 0.6 is 0 Å². The highest BCUT2D eigenvalue weighted by Gasteiger charge is 2.26. The number of para-hydroxylation sites is 3. The number of esters is 3. The molecule has 1 fully saturated rings. The Labute approximate surface area is 259 Å². The summed E-state index contributed by atoms with van der Waals surface area (Å²) < 4.78 is 17.1. The zero-order valence-electron chi connectivity index (χ0n) is 24.4. The molecule has 1 aliphatic rings. The first-order valence-corrected chi connectivity index (χ1v) is 14.7. The normalized spacial score (nSPS) is 19.3. The van der Waals surface area contributed by atoms with Gasteiger partial charge in [0.2, 0.25) is 0 Å². The Bertz CT molecular complexity index is 1330. The molecule has 0 aromatic heterocycles. The van der Waals surface area contributed by atoms with E-state index in [2.05, 4.69) is 0 Å². The highest BCUT2D eigenvalue weighted by atomic mass is 16.6. The summed E-state index contributed by atoms with van der Waals surface area (Å²) in [5.41, 5.74) is -0.593. The molecular formula is C33H36O12. The summed E-state index contributed by atoms with van der Waals surface area (Å²) in [5, 5.41) is 59.8. The molecule has 1 saturated carbocycles. The molecule has 0 bridgehead atoms. The van der Waals surface area contributed by atoms with E-state index in [1.54, 1.807) is 0 Å². The number of rotatable bonds is 6. The maximum Gasteiger partial charge on any atom is 0.342 e. The second kappa shape index (κ2) is 15.0. The summed E-state index contributed by atoms with van der Waals surface area (Å²) in [6, 6.07) is 11.9. The quantitative estimate of drug-likeness (QED) is 0.116. The van der Waals surface area contributed by atoms with Gasteiger partial charge < -0.3 is 44.8 Å². The lowest BCUT2D eigenvalue weighted by Crippen LogP contribution is -2.25. The molecule has 0 atom stereocenters. The van der Waals surface area contributed by atoms with Crippen molar-refractivity contribution in [2.24, 2.45) is 0 Å². The third-order valence-electron chi connectivity index (χ3n) is 7.68. The van der Waals surface area contributed by atoms with Crippen LogP contribution in [0.15, 0.2) is 54.6 Å². The van der Waals surface area contributed by atoms with Crippen molar-refractivity contribution < 1.29 is 59.2 Å². The van der Waals surface area contributed by atoms with Crippen LogP contribution in [0.3, 0.4) is 0 Å². The molecule has 0 amide bonds. The smallest absolute Gasteiger partial charge is 0.342 e. The third-order valence-corrected chi connectivity index (χ3v) is 7.68. The SMILES string of the molecule is O=C(OC1CCCC(OC(=O)c2cccc(O)c2O)CCCC(OC(=O)c2cccc(O)c2O)CCC1)c1cccc(O)c1O. The summed E-state index contributed by atoms with van der Waals surface area (Å²) in [6.45, 7) is 0. The van der Waals surface area contributed by atoms with E-state index in [0.29, 0.717) is 57.8 Å². The largest absolute Gasteiger partial charge is 0.504 e. The lowest BCUT2D eigenvalue weighted by molar-refractivity contribution is 0.0105. The van der Waals surface area contributed by atoms with Crippen molar-refractivity contribution in [3.05, 3.63) is 71.3 Å². The maximum absolute atomic E-state index is 12.9. The van der Waals surface area contributed by atoms with Gasteiger partial charge in [0.25, 0.3) is 0 Å². The van der Waals surface area contributed by atoms with E-state index in [0.717, 1.165) is 0 Å². The molecule has 12 nitrogen and oxygen atoms in total. The zero-order valence-corrected chi connectivity index (χ0v) is 24.4. The molecule has 45 heavy (non-hydrogen) atoms. The average Bonchev–Trinajstić information content (AvgIpc) is 3.00. The fourth-order valence-electron chi connectivity index (χ4n) is 5.24. The summed E-state index contributed by atoms with van der Waals surface area (Å²) in [7, 11) is 0. The molecule has 4 rings (SSSR count). The molecule has 1 aliphatic carbocycles. The average molecular weight is 625 g/mol. The van der Waals surface area contributed by atoms with Crippen LogP contribution in [0, 0.1) is 0 Å². The number of benzene rings is 3. The fourth-order valence-corrected chi connectivity index (χ4v) is 5.24. The van der Waals surface area contributed by atoms with Crippen LogP contribution in [0.25, 0.3) is 0 Å². The van der Waals surface area contributed by atoms with E-state index in [9.17, 15) is 45.0 Å². The first kappa shape index (κ1) is 32.8. The Morgan fingerprint density at radius 1 is 0.444 bits per heavy atom. The van der Waals surface area contributed by atoms with Crippen molar-refractivity contribution in [1.82, 2.24) is 0 Å². The molecule has 0 spiro atoms. The van der Waals surface area contributed by atoms with Crippen LogP contribution in [-0.2, 0) is 14.2 Å². The van der Waals surface area contributed by atoms with Gasteiger partial charge >= 0.3 is 17.9 Å². The minimum atomic E-state index is -0.829. The van der Waals surface area contributed by atoms with Crippen molar-refractivity contribution in [3.8, 4) is 34.5 Å². The third kappa shape index (κ3) is 8.49. The van der Waals surface area contributed by atoms with Crippen LogP contribution in [0.1, 0.15) is 88.9 Å². The summed E-state index contributed by atoms with van der Waals surface area (Å²) in [6.07, 6.45) is 1.82. The van der Waals surface area contributed by atoms with Crippen molar-refractivity contribution in [2.45, 2.75) is 76.1 Å². The van der Waals surface area contributed by atoms with Crippen molar-refractivity contribution >= 4 is 17.9 Å². The molecular weight excluding hydrogens is 588 g/mol. The molecule has 3 aromatic rings. The molecule has 0 heterocycles.